The summed E-state index contributed by atoms with van der Waals surface area (Å²) in [4.78, 5) is 11.7. The Kier molecular flexibility index (Phi) is 5.45. The minimum absolute atomic E-state index is 0.0222. The minimum atomic E-state index is -0.111. The average molecular weight is 237 g/mol. The van der Waals surface area contributed by atoms with Crippen molar-refractivity contribution in [2.75, 3.05) is 18.6 Å². The Morgan fingerprint density at radius 2 is 2.06 bits per heavy atom. The molecule has 0 spiro atoms. The number of benzene rings is 1. The summed E-state index contributed by atoms with van der Waals surface area (Å²) < 4.78 is 5.32. The van der Waals surface area contributed by atoms with Gasteiger partial charge in [0.1, 0.15) is 0 Å². The number of nitrogens with two attached hydrogens (primary N) is 1. The first-order valence-corrected chi connectivity index (χ1v) is 5.63. The number of nitrogens with one attached hydrogen (secondary N) is 2. The van der Waals surface area contributed by atoms with Gasteiger partial charge in [-0.05, 0) is 38.1 Å². The second-order valence-electron chi connectivity index (χ2n) is 3.70. The van der Waals surface area contributed by atoms with E-state index in [1.165, 1.54) is 0 Å². The number of amides is 1. The molecule has 1 rings (SSSR count). The van der Waals surface area contributed by atoms with Crippen LogP contribution in [0, 0.1) is 0 Å². The first kappa shape index (κ1) is 13.5. The van der Waals surface area contributed by atoms with Crippen molar-refractivity contribution in [3.05, 3.63) is 29.8 Å². The van der Waals surface area contributed by atoms with Crippen LogP contribution in [0.1, 0.15) is 24.2 Å². The zero-order valence-electron chi connectivity index (χ0n) is 10.2. The Morgan fingerprint density at radius 1 is 1.41 bits per heavy atom. The molecule has 0 aliphatic rings. The van der Waals surface area contributed by atoms with Gasteiger partial charge in [0.2, 0.25) is 0 Å². The molecule has 0 bridgehead atoms. The van der Waals surface area contributed by atoms with Gasteiger partial charge in [-0.1, -0.05) is 0 Å². The molecule has 1 aromatic rings. The fourth-order valence-electron chi connectivity index (χ4n) is 1.40. The van der Waals surface area contributed by atoms with Crippen LogP contribution in [0.3, 0.4) is 0 Å². The van der Waals surface area contributed by atoms with E-state index in [-0.39, 0.29) is 12.0 Å². The predicted molar refractivity (Wildman–Crippen MR) is 67.7 cm³/mol. The minimum Gasteiger partial charge on any atom is -0.377 e. The molecule has 17 heavy (non-hydrogen) atoms. The van der Waals surface area contributed by atoms with Crippen LogP contribution in [0.2, 0.25) is 0 Å². The summed E-state index contributed by atoms with van der Waals surface area (Å²) >= 11 is 0. The molecule has 5 nitrogen and oxygen atoms in total. The van der Waals surface area contributed by atoms with Gasteiger partial charge in [-0.2, -0.15) is 0 Å². The molecule has 5 heteroatoms. The molecular formula is C12H19N3O2. The van der Waals surface area contributed by atoms with Crippen LogP contribution >= 0.6 is 0 Å². The molecule has 4 N–H and O–H groups in total. The predicted octanol–water partition coefficient (Wildman–Crippen LogP) is 1.13. The van der Waals surface area contributed by atoms with Gasteiger partial charge in [-0.25, -0.2) is 0 Å². The quantitative estimate of drug-likeness (QED) is 0.512. The van der Waals surface area contributed by atoms with Crippen LogP contribution in [-0.4, -0.2) is 25.2 Å². The second kappa shape index (κ2) is 6.88. The zero-order chi connectivity index (χ0) is 12.7. The fourth-order valence-corrected chi connectivity index (χ4v) is 1.40. The highest BCUT2D eigenvalue weighted by Gasteiger charge is 2.07. The molecule has 0 saturated carbocycles. The number of carbonyl (C=O) groups excluding carboxylic acids is 1. The lowest BCUT2D eigenvalue weighted by Gasteiger charge is -2.12. The summed E-state index contributed by atoms with van der Waals surface area (Å²) in [5.74, 6) is 5.13. The first-order chi connectivity index (χ1) is 8.17. The van der Waals surface area contributed by atoms with Crippen molar-refractivity contribution in [1.29, 1.82) is 0 Å². The Balaban J connectivity index is 2.46. The van der Waals surface area contributed by atoms with E-state index in [1.54, 1.807) is 24.3 Å². The number of ether oxygens (including phenoxy) is 1. The van der Waals surface area contributed by atoms with Crippen molar-refractivity contribution in [1.82, 2.24) is 5.32 Å². The van der Waals surface area contributed by atoms with Gasteiger partial charge >= 0.3 is 0 Å². The van der Waals surface area contributed by atoms with Gasteiger partial charge in [0.15, 0.2) is 0 Å². The third-order valence-corrected chi connectivity index (χ3v) is 2.32. The monoisotopic (exact) mass is 237 g/mol. The Hall–Kier alpha value is -1.59. The Labute approximate surface area is 101 Å². The van der Waals surface area contributed by atoms with E-state index in [2.05, 4.69) is 10.7 Å². The van der Waals surface area contributed by atoms with E-state index in [0.29, 0.717) is 18.7 Å². The lowest BCUT2D eigenvalue weighted by Crippen LogP contribution is -2.32. The number of hydrogen-bond acceptors (Lipinski definition) is 4. The molecule has 0 fully saturated rings. The smallest absolute Gasteiger partial charge is 0.251 e. The van der Waals surface area contributed by atoms with Crippen molar-refractivity contribution < 1.29 is 9.53 Å². The van der Waals surface area contributed by atoms with Gasteiger partial charge in [0.25, 0.3) is 5.91 Å². The first-order valence-electron chi connectivity index (χ1n) is 5.63. The molecule has 1 unspecified atom stereocenters. The largest absolute Gasteiger partial charge is 0.377 e. The van der Waals surface area contributed by atoms with Crippen LogP contribution in [0.5, 0.6) is 0 Å². The van der Waals surface area contributed by atoms with Crippen molar-refractivity contribution >= 4 is 11.6 Å². The van der Waals surface area contributed by atoms with E-state index in [1.807, 2.05) is 13.8 Å². The fraction of sp³-hybridized carbons (Fsp3) is 0.417. The highest BCUT2D eigenvalue weighted by molar-refractivity contribution is 5.94. The van der Waals surface area contributed by atoms with Gasteiger partial charge in [-0.3, -0.25) is 10.6 Å². The molecule has 0 aliphatic carbocycles. The lowest BCUT2D eigenvalue weighted by molar-refractivity contribution is 0.0695. The number of hydrogen-bond donors (Lipinski definition) is 3. The van der Waals surface area contributed by atoms with E-state index in [4.69, 9.17) is 10.6 Å². The highest BCUT2D eigenvalue weighted by Crippen LogP contribution is 2.07. The van der Waals surface area contributed by atoms with Gasteiger partial charge in [0.05, 0.1) is 6.10 Å². The third kappa shape index (κ3) is 4.42. The maximum Gasteiger partial charge on any atom is 0.251 e. The van der Waals surface area contributed by atoms with Crippen LogP contribution in [0.25, 0.3) is 0 Å². The van der Waals surface area contributed by atoms with E-state index < -0.39 is 0 Å². The van der Waals surface area contributed by atoms with Gasteiger partial charge in [0, 0.05) is 24.4 Å². The van der Waals surface area contributed by atoms with E-state index in [9.17, 15) is 4.79 Å². The summed E-state index contributed by atoms with van der Waals surface area (Å²) in [5.41, 5.74) is 3.88. The molecule has 0 radical (unpaired) electrons. The zero-order valence-corrected chi connectivity index (χ0v) is 10.2. The normalized spacial score (nSPS) is 11.9. The third-order valence-electron chi connectivity index (χ3n) is 2.32. The van der Waals surface area contributed by atoms with E-state index >= 15 is 0 Å². The van der Waals surface area contributed by atoms with Gasteiger partial charge < -0.3 is 15.5 Å². The number of nitrogen functional groups attached to an aromatic ring is 1. The highest BCUT2D eigenvalue weighted by atomic mass is 16.5. The topological polar surface area (TPSA) is 76.4 Å². The molecule has 0 saturated heterocycles. The summed E-state index contributed by atoms with van der Waals surface area (Å²) in [6.45, 7) is 5.00. The average Bonchev–Trinajstić information content (AvgIpc) is 2.36. The maximum atomic E-state index is 11.7. The summed E-state index contributed by atoms with van der Waals surface area (Å²) in [6, 6.07) is 6.94. The van der Waals surface area contributed by atoms with Crippen LogP contribution < -0.4 is 16.6 Å². The van der Waals surface area contributed by atoms with Crippen molar-refractivity contribution in [2.24, 2.45) is 5.84 Å². The van der Waals surface area contributed by atoms with Gasteiger partial charge in [-0.15, -0.1) is 0 Å². The molecule has 1 amide bonds. The summed E-state index contributed by atoms with van der Waals surface area (Å²) in [6.07, 6.45) is 0.0222. The standard InChI is InChI=1S/C12H19N3O2/c1-3-17-9(2)8-14-12(16)10-4-6-11(15-13)7-5-10/h4-7,9,15H,3,8,13H2,1-2H3,(H,14,16). The number of anilines is 1. The molecule has 1 atom stereocenters. The Morgan fingerprint density at radius 3 is 2.59 bits per heavy atom. The molecule has 0 aromatic heterocycles. The van der Waals surface area contributed by atoms with E-state index in [0.717, 1.165) is 5.69 Å². The molecule has 0 aliphatic heterocycles. The molecular weight excluding hydrogens is 218 g/mol. The SMILES string of the molecule is CCOC(C)CNC(=O)c1ccc(NN)cc1. The van der Waals surface area contributed by atoms with Crippen molar-refractivity contribution in [2.45, 2.75) is 20.0 Å². The van der Waals surface area contributed by atoms with Crippen LogP contribution in [0.4, 0.5) is 5.69 Å². The second-order valence-corrected chi connectivity index (χ2v) is 3.70. The molecule has 94 valence electrons. The Bertz CT molecular complexity index is 351. The summed E-state index contributed by atoms with van der Waals surface area (Å²) in [5, 5.41) is 2.81. The van der Waals surface area contributed by atoms with Crippen molar-refractivity contribution in [3.63, 3.8) is 0 Å². The van der Waals surface area contributed by atoms with Crippen LogP contribution in [0.15, 0.2) is 24.3 Å². The maximum absolute atomic E-state index is 11.7. The number of hydrazine groups is 1. The number of rotatable bonds is 6. The summed E-state index contributed by atoms with van der Waals surface area (Å²) in [7, 11) is 0. The number of carbonyl (C=O) groups is 1. The van der Waals surface area contributed by atoms with Crippen LogP contribution in [-0.2, 0) is 4.74 Å². The molecule has 0 heterocycles. The van der Waals surface area contributed by atoms with Crippen molar-refractivity contribution in [3.8, 4) is 0 Å². The lowest BCUT2D eigenvalue weighted by atomic mass is 10.2. The molecule has 1 aromatic carbocycles.